The van der Waals surface area contributed by atoms with Crippen LogP contribution in [0.4, 0.5) is 0 Å². The molecule has 2 nitrogen and oxygen atoms in total. The van der Waals surface area contributed by atoms with Crippen LogP contribution >= 0.6 is 0 Å². The van der Waals surface area contributed by atoms with Crippen LogP contribution in [0.3, 0.4) is 0 Å². The molecule has 0 aliphatic rings. The van der Waals surface area contributed by atoms with E-state index in [2.05, 4.69) is 0 Å². The Hall–Kier alpha value is -1.80. The van der Waals surface area contributed by atoms with Gasteiger partial charge in [0.2, 0.25) is 0 Å². The number of hydrogen-bond acceptors (Lipinski definition) is 2. The van der Waals surface area contributed by atoms with Crippen LogP contribution in [0.1, 0.15) is 22.8 Å². The molecule has 1 N–H and O–H groups in total. The molecule has 2 aromatic carbocycles. The van der Waals surface area contributed by atoms with E-state index in [0.29, 0.717) is 6.42 Å². The Morgan fingerprint density at radius 3 is 2.17 bits per heavy atom. The Kier molecular flexibility index (Phi) is 4.00. The van der Waals surface area contributed by atoms with Gasteiger partial charge < -0.3 is 9.84 Å². The summed E-state index contributed by atoms with van der Waals surface area (Å²) in [5.41, 5.74) is 3.26. The van der Waals surface area contributed by atoms with Gasteiger partial charge in [0.15, 0.2) is 0 Å². The molecule has 0 saturated heterocycles. The number of rotatable bonds is 4. The van der Waals surface area contributed by atoms with Crippen molar-refractivity contribution < 1.29 is 9.84 Å². The molecule has 0 bridgehead atoms. The maximum absolute atomic E-state index is 10.2. The van der Waals surface area contributed by atoms with Gasteiger partial charge in [-0.3, -0.25) is 0 Å². The zero-order valence-corrected chi connectivity index (χ0v) is 10.8. The minimum Gasteiger partial charge on any atom is -0.497 e. The number of aryl methyl sites for hydroxylation is 1. The monoisotopic (exact) mass is 242 g/mol. The molecule has 0 fully saturated rings. The Morgan fingerprint density at radius 1 is 1.00 bits per heavy atom. The zero-order valence-electron chi connectivity index (χ0n) is 10.8. The van der Waals surface area contributed by atoms with Crippen LogP contribution < -0.4 is 4.74 Å². The lowest BCUT2D eigenvalue weighted by Gasteiger charge is -2.11. The first-order chi connectivity index (χ1) is 8.69. The predicted octanol–water partition coefficient (Wildman–Crippen LogP) is 3.28. The van der Waals surface area contributed by atoms with Crippen LogP contribution in [-0.4, -0.2) is 12.2 Å². The van der Waals surface area contributed by atoms with Crippen molar-refractivity contribution in [3.05, 3.63) is 65.2 Å². The highest BCUT2D eigenvalue weighted by molar-refractivity contribution is 5.29. The van der Waals surface area contributed by atoms with Crippen LogP contribution in [0.2, 0.25) is 0 Å². The molecule has 0 heterocycles. The lowest BCUT2D eigenvalue weighted by Crippen LogP contribution is -2.01. The first-order valence-corrected chi connectivity index (χ1v) is 6.06. The van der Waals surface area contributed by atoms with Gasteiger partial charge >= 0.3 is 0 Å². The highest BCUT2D eigenvalue weighted by Crippen LogP contribution is 2.20. The Bertz CT molecular complexity index is 486. The van der Waals surface area contributed by atoms with Crippen LogP contribution in [0, 0.1) is 6.92 Å². The molecule has 2 aromatic rings. The molecular weight excluding hydrogens is 224 g/mol. The van der Waals surface area contributed by atoms with Crippen LogP contribution in [0.25, 0.3) is 0 Å². The van der Waals surface area contributed by atoms with Gasteiger partial charge in [-0.1, -0.05) is 42.0 Å². The molecule has 0 aliphatic heterocycles. The molecule has 2 heteroatoms. The number of methoxy groups -OCH3 is 1. The summed E-state index contributed by atoms with van der Waals surface area (Å²) in [6, 6.07) is 15.8. The van der Waals surface area contributed by atoms with Crippen molar-refractivity contribution in [2.24, 2.45) is 0 Å². The van der Waals surface area contributed by atoms with E-state index in [9.17, 15) is 5.11 Å². The lowest BCUT2D eigenvalue weighted by atomic mass is 10.0. The largest absolute Gasteiger partial charge is 0.497 e. The first kappa shape index (κ1) is 12.7. The van der Waals surface area contributed by atoms with Gasteiger partial charge in [0, 0.05) is 6.42 Å². The van der Waals surface area contributed by atoms with E-state index in [1.54, 1.807) is 7.11 Å². The van der Waals surface area contributed by atoms with E-state index in [-0.39, 0.29) is 0 Å². The first-order valence-electron chi connectivity index (χ1n) is 6.06. The van der Waals surface area contributed by atoms with Gasteiger partial charge in [0.05, 0.1) is 13.2 Å². The van der Waals surface area contributed by atoms with Crippen molar-refractivity contribution in [2.75, 3.05) is 7.11 Å². The van der Waals surface area contributed by atoms with Gasteiger partial charge in [0.1, 0.15) is 5.75 Å². The summed E-state index contributed by atoms with van der Waals surface area (Å²) in [5, 5.41) is 10.2. The van der Waals surface area contributed by atoms with Crippen molar-refractivity contribution in [2.45, 2.75) is 19.4 Å². The molecule has 0 amide bonds. The second-order valence-corrected chi connectivity index (χ2v) is 4.48. The Balaban J connectivity index is 2.05. The minimum atomic E-state index is -0.459. The summed E-state index contributed by atoms with van der Waals surface area (Å²) < 4.78 is 5.11. The summed E-state index contributed by atoms with van der Waals surface area (Å²) in [6.45, 7) is 2.04. The summed E-state index contributed by atoms with van der Waals surface area (Å²) >= 11 is 0. The average Bonchev–Trinajstić information content (AvgIpc) is 2.40. The van der Waals surface area contributed by atoms with Gasteiger partial charge in [0.25, 0.3) is 0 Å². The molecule has 0 aliphatic carbocycles. The van der Waals surface area contributed by atoms with E-state index in [1.165, 1.54) is 5.56 Å². The van der Waals surface area contributed by atoms with E-state index in [0.717, 1.165) is 16.9 Å². The van der Waals surface area contributed by atoms with Crippen molar-refractivity contribution in [3.8, 4) is 5.75 Å². The normalized spacial score (nSPS) is 12.2. The van der Waals surface area contributed by atoms with Crippen molar-refractivity contribution >= 4 is 0 Å². The fraction of sp³-hybridized carbons (Fsp3) is 0.250. The summed E-state index contributed by atoms with van der Waals surface area (Å²) in [7, 11) is 1.65. The zero-order chi connectivity index (χ0) is 13.0. The fourth-order valence-corrected chi connectivity index (χ4v) is 1.89. The average molecular weight is 242 g/mol. The molecule has 0 aromatic heterocycles. The van der Waals surface area contributed by atoms with E-state index < -0.39 is 6.10 Å². The summed E-state index contributed by atoms with van der Waals surface area (Å²) in [4.78, 5) is 0. The molecule has 1 unspecified atom stereocenters. The number of benzene rings is 2. The summed E-state index contributed by atoms with van der Waals surface area (Å²) in [6.07, 6.45) is 0.159. The van der Waals surface area contributed by atoms with Gasteiger partial charge in [-0.25, -0.2) is 0 Å². The highest BCUT2D eigenvalue weighted by atomic mass is 16.5. The third-order valence-electron chi connectivity index (χ3n) is 3.05. The molecule has 0 saturated carbocycles. The van der Waals surface area contributed by atoms with Crippen LogP contribution in [-0.2, 0) is 6.42 Å². The summed E-state index contributed by atoms with van der Waals surface area (Å²) in [5.74, 6) is 0.837. The number of aliphatic hydroxyl groups excluding tert-OH is 1. The van der Waals surface area contributed by atoms with Crippen molar-refractivity contribution in [1.29, 1.82) is 0 Å². The van der Waals surface area contributed by atoms with E-state index in [4.69, 9.17) is 4.74 Å². The number of hydrogen-bond donors (Lipinski definition) is 1. The third-order valence-corrected chi connectivity index (χ3v) is 3.05. The SMILES string of the molecule is COc1ccc(CC(O)c2ccc(C)cc2)cc1. The minimum absolute atomic E-state index is 0.459. The fourth-order valence-electron chi connectivity index (χ4n) is 1.89. The van der Waals surface area contributed by atoms with Gasteiger partial charge in [-0.2, -0.15) is 0 Å². The maximum atomic E-state index is 10.2. The second kappa shape index (κ2) is 5.69. The molecule has 0 radical (unpaired) electrons. The molecule has 0 spiro atoms. The van der Waals surface area contributed by atoms with Gasteiger partial charge in [-0.15, -0.1) is 0 Å². The van der Waals surface area contributed by atoms with Crippen LogP contribution in [0.15, 0.2) is 48.5 Å². The Morgan fingerprint density at radius 2 is 1.61 bits per heavy atom. The predicted molar refractivity (Wildman–Crippen MR) is 72.8 cm³/mol. The van der Waals surface area contributed by atoms with E-state index in [1.807, 2.05) is 55.5 Å². The van der Waals surface area contributed by atoms with Crippen LogP contribution in [0.5, 0.6) is 5.75 Å². The van der Waals surface area contributed by atoms with Gasteiger partial charge in [-0.05, 0) is 30.2 Å². The quantitative estimate of drug-likeness (QED) is 0.891. The Labute approximate surface area is 108 Å². The van der Waals surface area contributed by atoms with Crippen molar-refractivity contribution in [1.82, 2.24) is 0 Å². The molecule has 94 valence electrons. The highest BCUT2D eigenvalue weighted by Gasteiger charge is 2.08. The molecule has 1 atom stereocenters. The third kappa shape index (κ3) is 3.11. The number of ether oxygens (including phenoxy) is 1. The molecule has 2 rings (SSSR count). The molecule has 18 heavy (non-hydrogen) atoms. The second-order valence-electron chi connectivity index (χ2n) is 4.48. The topological polar surface area (TPSA) is 29.5 Å². The van der Waals surface area contributed by atoms with Crippen molar-refractivity contribution in [3.63, 3.8) is 0 Å². The molecular formula is C16H18O2. The standard InChI is InChI=1S/C16H18O2/c1-12-3-7-14(8-4-12)16(17)11-13-5-9-15(18-2)10-6-13/h3-10,16-17H,11H2,1-2H3. The lowest BCUT2D eigenvalue weighted by molar-refractivity contribution is 0.178. The smallest absolute Gasteiger partial charge is 0.118 e. The van der Waals surface area contributed by atoms with E-state index >= 15 is 0 Å². The number of aliphatic hydroxyl groups is 1. The maximum Gasteiger partial charge on any atom is 0.118 e.